The number of amides is 1. The molecule has 0 aliphatic heterocycles. The van der Waals surface area contributed by atoms with E-state index in [1.165, 1.54) is 23.9 Å². The number of hydrogen-bond donors (Lipinski definition) is 1. The number of nitrogens with one attached hydrogen (secondary N) is 1. The van der Waals surface area contributed by atoms with E-state index in [4.69, 9.17) is 11.6 Å². The Morgan fingerprint density at radius 3 is 2.57 bits per heavy atom. The van der Waals surface area contributed by atoms with Gasteiger partial charge in [0.15, 0.2) is 5.16 Å². The molecule has 0 aliphatic carbocycles. The number of benzene rings is 2. The molecule has 158 valence electrons. The Balaban J connectivity index is 1.82. The van der Waals surface area contributed by atoms with Crippen molar-refractivity contribution in [2.75, 3.05) is 0 Å². The standard InChI is InChI=1S/C22H23ClFN3O2S/c1-13(2)12-27-21(29)18-10-16(23)6-9-19(18)26-22(27)30-14(3)20(28)25-11-15-4-7-17(24)8-5-15/h4-10,13-14H,11-12H2,1-3H3,(H,25,28). The maximum absolute atomic E-state index is 13.0. The lowest BCUT2D eigenvalue weighted by Gasteiger charge is -2.17. The summed E-state index contributed by atoms with van der Waals surface area (Å²) in [6.45, 7) is 6.58. The number of rotatable bonds is 7. The summed E-state index contributed by atoms with van der Waals surface area (Å²) in [6, 6.07) is 11.0. The van der Waals surface area contributed by atoms with E-state index in [0.717, 1.165) is 5.56 Å². The third kappa shape index (κ3) is 5.40. The van der Waals surface area contributed by atoms with Crippen molar-refractivity contribution in [2.45, 2.75) is 44.3 Å². The zero-order chi connectivity index (χ0) is 21.8. The predicted molar refractivity (Wildman–Crippen MR) is 119 cm³/mol. The minimum atomic E-state index is -0.472. The highest BCUT2D eigenvalue weighted by molar-refractivity contribution is 8.00. The Bertz CT molecular complexity index is 1120. The van der Waals surface area contributed by atoms with Gasteiger partial charge in [-0.25, -0.2) is 9.37 Å². The third-order valence-electron chi connectivity index (χ3n) is 4.46. The zero-order valence-electron chi connectivity index (χ0n) is 17.0. The van der Waals surface area contributed by atoms with Gasteiger partial charge in [-0.05, 0) is 48.7 Å². The topological polar surface area (TPSA) is 64.0 Å². The van der Waals surface area contributed by atoms with Gasteiger partial charge in [0, 0.05) is 18.1 Å². The summed E-state index contributed by atoms with van der Waals surface area (Å²) in [5.74, 6) is -0.283. The lowest BCUT2D eigenvalue weighted by Crippen LogP contribution is -2.32. The van der Waals surface area contributed by atoms with Crippen molar-refractivity contribution in [1.29, 1.82) is 0 Å². The van der Waals surface area contributed by atoms with E-state index >= 15 is 0 Å². The zero-order valence-corrected chi connectivity index (χ0v) is 18.6. The fourth-order valence-corrected chi connectivity index (χ4v) is 4.05. The fourth-order valence-electron chi connectivity index (χ4n) is 2.94. The summed E-state index contributed by atoms with van der Waals surface area (Å²) < 4.78 is 14.6. The molecule has 0 saturated heterocycles. The smallest absolute Gasteiger partial charge is 0.262 e. The van der Waals surface area contributed by atoms with Crippen LogP contribution in [0.2, 0.25) is 5.02 Å². The Hall–Kier alpha value is -2.38. The Labute approximate surface area is 183 Å². The van der Waals surface area contributed by atoms with Crippen LogP contribution in [0.15, 0.2) is 52.4 Å². The molecule has 0 aliphatic rings. The van der Waals surface area contributed by atoms with Crippen LogP contribution in [0.4, 0.5) is 4.39 Å². The van der Waals surface area contributed by atoms with Gasteiger partial charge >= 0.3 is 0 Å². The maximum atomic E-state index is 13.0. The van der Waals surface area contributed by atoms with Crippen molar-refractivity contribution in [3.8, 4) is 0 Å². The molecule has 1 amide bonds. The number of fused-ring (bicyclic) bond motifs is 1. The third-order valence-corrected chi connectivity index (χ3v) is 5.79. The molecule has 8 heteroatoms. The molecule has 3 rings (SSSR count). The maximum Gasteiger partial charge on any atom is 0.262 e. The van der Waals surface area contributed by atoms with Crippen molar-refractivity contribution >= 4 is 40.2 Å². The molecular weight excluding hydrogens is 425 g/mol. The first-order chi connectivity index (χ1) is 14.2. The van der Waals surface area contributed by atoms with E-state index in [1.807, 2.05) is 13.8 Å². The van der Waals surface area contributed by atoms with Gasteiger partial charge < -0.3 is 5.32 Å². The summed E-state index contributed by atoms with van der Waals surface area (Å²) in [4.78, 5) is 30.2. The van der Waals surface area contributed by atoms with Gasteiger partial charge in [0.2, 0.25) is 5.91 Å². The molecule has 0 fully saturated rings. The highest BCUT2D eigenvalue weighted by Gasteiger charge is 2.20. The van der Waals surface area contributed by atoms with Gasteiger partial charge in [-0.3, -0.25) is 14.2 Å². The monoisotopic (exact) mass is 447 g/mol. The molecule has 5 nitrogen and oxygen atoms in total. The van der Waals surface area contributed by atoms with E-state index in [-0.39, 0.29) is 23.2 Å². The fraction of sp³-hybridized carbons (Fsp3) is 0.318. The van der Waals surface area contributed by atoms with Gasteiger partial charge in [-0.1, -0.05) is 49.3 Å². The van der Waals surface area contributed by atoms with E-state index in [1.54, 1.807) is 41.8 Å². The normalized spacial score (nSPS) is 12.3. The summed E-state index contributed by atoms with van der Waals surface area (Å²) in [5.41, 5.74) is 1.18. The SMILES string of the molecule is CC(C)Cn1c(SC(C)C(=O)NCc2ccc(F)cc2)nc2ccc(Cl)cc2c1=O. The van der Waals surface area contributed by atoms with Gasteiger partial charge in [-0.2, -0.15) is 0 Å². The molecule has 0 radical (unpaired) electrons. The van der Waals surface area contributed by atoms with Crippen LogP contribution < -0.4 is 10.9 Å². The molecule has 1 heterocycles. The van der Waals surface area contributed by atoms with Gasteiger partial charge in [0.1, 0.15) is 5.82 Å². The van der Waals surface area contributed by atoms with Crippen LogP contribution in [-0.2, 0) is 17.9 Å². The summed E-state index contributed by atoms with van der Waals surface area (Å²) in [7, 11) is 0. The molecule has 2 aromatic carbocycles. The minimum absolute atomic E-state index is 0.169. The average Bonchev–Trinajstić information content (AvgIpc) is 2.70. The van der Waals surface area contributed by atoms with Crippen LogP contribution in [0.3, 0.4) is 0 Å². The van der Waals surface area contributed by atoms with E-state index in [9.17, 15) is 14.0 Å². The van der Waals surface area contributed by atoms with Crippen molar-refractivity contribution < 1.29 is 9.18 Å². The van der Waals surface area contributed by atoms with Crippen molar-refractivity contribution in [3.05, 3.63) is 69.2 Å². The number of carbonyl (C=O) groups is 1. The molecule has 0 bridgehead atoms. The Morgan fingerprint density at radius 2 is 1.90 bits per heavy atom. The molecule has 1 atom stereocenters. The number of halogens is 2. The molecule has 3 aromatic rings. The lowest BCUT2D eigenvalue weighted by atomic mass is 10.2. The van der Waals surface area contributed by atoms with Crippen LogP contribution in [0.25, 0.3) is 10.9 Å². The van der Waals surface area contributed by atoms with Crippen LogP contribution >= 0.6 is 23.4 Å². The second-order valence-electron chi connectivity index (χ2n) is 7.47. The van der Waals surface area contributed by atoms with Gasteiger partial charge in [-0.15, -0.1) is 0 Å². The molecule has 0 spiro atoms. The van der Waals surface area contributed by atoms with E-state index in [0.29, 0.717) is 34.2 Å². The second kappa shape index (κ2) is 9.62. The first-order valence-electron chi connectivity index (χ1n) is 9.63. The van der Waals surface area contributed by atoms with Crippen LogP contribution in [0.1, 0.15) is 26.3 Å². The van der Waals surface area contributed by atoms with Gasteiger partial charge in [0.05, 0.1) is 16.2 Å². The van der Waals surface area contributed by atoms with Crippen molar-refractivity contribution in [1.82, 2.24) is 14.9 Å². The number of carbonyl (C=O) groups excluding carboxylic acids is 1. The number of hydrogen-bond acceptors (Lipinski definition) is 4. The molecule has 1 N–H and O–H groups in total. The van der Waals surface area contributed by atoms with Gasteiger partial charge in [0.25, 0.3) is 5.56 Å². The largest absolute Gasteiger partial charge is 0.351 e. The molecule has 1 aromatic heterocycles. The quantitative estimate of drug-likeness (QED) is 0.423. The Morgan fingerprint density at radius 1 is 1.20 bits per heavy atom. The predicted octanol–water partition coefficient (Wildman–Crippen LogP) is 4.64. The number of nitrogens with zero attached hydrogens (tertiary/aromatic N) is 2. The van der Waals surface area contributed by atoms with Crippen LogP contribution in [0.5, 0.6) is 0 Å². The molecular formula is C22H23ClFN3O2S. The minimum Gasteiger partial charge on any atom is -0.351 e. The van der Waals surface area contributed by atoms with Crippen molar-refractivity contribution in [2.24, 2.45) is 5.92 Å². The number of aromatic nitrogens is 2. The average molecular weight is 448 g/mol. The molecule has 0 saturated carbocycles. The summed E-state index contributed by atoms with van der Waals surface area (Å²) >= 11 is 7.29. The second-order valence-corrected chi connectivity index (χ2v) is 9.21. The first kappa shape index (κ1) is 22.3. The first-order valence-corrected chi connectivity index (χ1v) is 10.9. The van der Waals surface area contributed by atoms with E-state index in [2.05, 4.69) is 10.3 Å². The molecule has 30 heavy (non-hydrogen) atoms. The number of thioether (sulfide) groups is 1. The highest BCUT2D eigenvalue weighted by Crippen LogP contribution is 2.24. The summed E-state index contributed by atoms with van der Waals surface area (Å²) in [6.07, 6.45) is 0. The van der Waals surface area contributed by atoms with E-state index < -0.39 is 5.25 Å². The molecule has 1 unspecified atom stereocenters. The highest BCUT2D eigenvalue weighted by atomic mass is 35.5. The van der Waals surface area contributed by atoms with Crippen molar-refractivity contribution in [3.63, 3.8) is 0 Å². The van der Waals surface area contributed by atoms with Crippen LogP contribution in [0, 0.1) is 11.7 Å². The van der Waals surface area contributed by atoms with Crippen LogP contribution in [-0.4, -0.2) is 20.7 Å². The summed E-state index contributed by atoms with van der Waals surface area (Å²) in [5, 5.41) is 3.80. The Kier molecular flexibility index (Phi) is 7.15. The lowest BCUT2D eigenvalue weighted by molar-refractivity contribution is -0.120.